The van der Waals surface area contributed by atoms with E-state index in [4.69, 9.17) is 4.74 Å². The van der Waals surface area contributed by atoms with Crippen molar-refractivity contribution in [2.75, 3.05) is 25.0 Å². The van der Waals surface area contributed by atoms with Gasteiger partial charge in [0.15, 0.2) is 0 Å². The second kappa shape index (κ2) is 5.07. The highest BCUT2D eigenvalue weighted by Crippen LogP contribution is 2.25. The van der Waals surface area contributed by atoms with Crippen molar-refractivity contribution in [2.45, 2.75) is 31.5 Å². The number of fused-ring (bicyclic) bond motifs is 1. The Morgan fingerprint density at radius 1 is 1.60 bits per heavy atom. The number of anilines is 1. The van der Waals surface area contributed by atoms with Crippen LogP contribution in [0.25, 0.3) is 0 Å². The molecule has 0 spiro atoms. The molecule has 3 rings (SSSR count). The van der Waals surface area contributed by atoms with Crippen molar-refractivity contribution in [3.63, 3.8) is 0 Å². The molecule has 0 saturated carbocycles. The Hall–Kier alpha value is -1.59. The molecule has 1 aromatic carbocycles. The molecule has 1 aromatic rings. The molecule has 2 unspecified atom stereocenters. The first-order valence-corrected chi connectivity index (χ1v) is 7.07. The third-order valence-electron chi connectivity index (χ3n) is 4.29. The van der Waals surface area contributed by atoms with E-state index in [9.17, 15) is 9.90 Å². The lowest BCUT2D eigenvalue weighted by atomic mass is 9.96. The van der Waals surface area contributed by atoms with E-state index in [0.29, 0.717) is 18.6 Å². The summed E-state index contributed by atoms with van der Waals surface area (Å²) in [7, 11) is 0. The van der Waals surface area contributed by atoms with Crippen LogP contribution in [0, 0.1) is 0 Å². The maximum atomic E-state index is 12.2. The van der Waals surface area contributed by atoms with Crippen molar-refractivity contribution in [3.8, 4) is 0 Å². The molecule has 1 fully saturated rings. The van der Waals surface area contributed by atoms with Gasteiger partial charge in [0, 0.05) is 37.4 Å². The zero-order valence-electron chi connectivity index (χ0n) is 11.6. The minimum absolute atomic E-state index is 0.146. The molecule has 5 heteroatoms. The first-order valence-electron chi connectivity index (χ1n) is 7.07. The Morgan fingerprint density at radius 2 is 2.45 bits per heavy atom. The van der Waals surface area contributed by atoms with Crippen LogP contribution in [0.2, 0.25) is 0 Å². The van der Waals surface area contributed by atoms with Gasteiger partial charge in [-0.15, -0.1) is 0 Å². The molecule has 2 heterocycles. The van der Waals surface area contributed by atoms with Crippen LogP contribution >= 0.6 is 0 Å². The highest BCUT2D eigenvalue weighted by Gasteiger charge is 2.39. The van der Waals surface area contributed by atoms with Gasteiger partial charge in [0.2, 0.25) is 0 Å². The fraction of sp³-hybridized carbons (Fsp3) is 0.533. The molecule has 2 aliphatic heterocycles. The smallest absolute Gasteiger partial charge is 0.251 e. The summed E-state index contributed by atoms with van der Waals surface area (Å²) in [5.41, 5.74) is 1.98. The van der Waals surface area contributed by atoms with E-state index in [1.807, 2.05) is 25.1 Å². The lowest BCUT2D eigenvalue weighted by Crippen LogP contribution is -2.47. The second-order valence-electron chi connectivity index (χ2n) is 5.60. The summed E-state index contributed by atoms with van der Waals surface area (Å²) in [5.74, 6) is -0.146. The third kappa shape index (κ3) is 2.39. The molecule has 5 nitrogen and oxygen atoms in total. The van der Waals surface area contributed by atoms with Gasteiger partial charge in [-0.25, -0.2) is 0 Å². The standard InChI is InChI=1S/C15H20N2O3/c1-10-15(19,5-7-20-10)9-17-14(18)12-2-3-13-11(8-12)4-6-16-13/h2-3,8,10,16,19H,4-7,9H2,1H3,(H,17,18). The van der Waals surface area contributed by atoms with Gasteiger partial charge in [-0.3, -0.25) is 4.79 Å². The number of aliphatic hydroxyl groups is 1. The average molecular weight is 276 g/mol. The molecule has 108 valence electrons. The Balaban J connectivity index is 1.65. The summed E-state index contributed by atoms with van der Waals surface area (Å²) < 4.78 is 5.36. The molecular formula is C15H20N2O3. The van der Waals surface area contributed by atoms with Crippen LogP contribution in [0.4, 0.5) is 5.69 Å². The third-order valence-corrected chi connectivity index (χ3v) is 4.29. The van der Waals surface area contributed by atoms with E-state index in [1.54, 1.807) is 0 Å². The minimum atomic E-state index is -0.950. The number of hydrogen-bond donors (Lipinski definition) is 3. The minimum Gasteiger partial charge on any atom is -0.385 e. The van der Waals surface area contributed by atoms with E-state index >= 15 is 0 Å². The van der Waals surface area contributed by atoms with Crippen LogP contribution in [0.15, 0.2) is 18.2 Å². The monoisotopic (exact) mass is 276 g/mol. The first-order chi connectivity index (χ1) is 9.58. The summed E-state index contributed by atoms with van der Waals surface area (Å²) >= 11 is 0. The van der Waals surface area contributed by atoms with Crippen molar-refractivity contribution >= 4 is 11.6 Å². The summed E-state index contributed by atoms with van der Waals surface area (Å²) in [6.07, 6.45) is 1.26. The van der Waals surface area contributed by atoms with Gasteiger partial charge in [0.25, 0.3) is 5.91 Å². The Kier molecular flexibility index (Phi) is 3.40. The molecule has 0 aromatic heterocycles. The molecule has 1 amide bonds. The Morgan fingerprint density at radius 3 is 3.20 bits per heavy atom. The van der Waals surface area contributed by atoms with Gasteiger partial charge in [-0.05, 0) is 37.1 Å². The van der Waals surface area contributed by atoms with Gasteiger partial charge in [-0.1, -0.05) is 0 Å². The van der Waals surface area contributed by atoms with E-state index in [1.165, 1.54) is 5.56 Å². The largest absolute Gasteiger partial charge is 0.385 e. The molecule has 1 saturated heterocycles. The molecule has 3 N–H and O–H groups in total. The SMILES string of the molecule is CC1OCCC1(O)CNC(=O)c1ccc2c(c1)CCN2. The van der Waals surface area contributed by atoms with Crippen LogP contribution in [0.1, 0.15) is 29.3 Å². The van der Waals surface area contributed by atoms with Crippen LogP contribution in [0.5, 0.6) is 0 Å². The van der Waals surface area contributed by atoms with Gasteiger partial charge in [-0.2, -0.15) is 0 Å². The number of carbonyl (C=O) groups excluding carboxylic acids is 1. The fourth-order valence-corrected chi connectivity index (χ4v) is 2.78. The molecule has 0 radical (unpaired) electrons. The van der Waals surface area contributed by atoms with Gasteiger partial charge >= 0.3 is 0 Å². The summed E-state index contributed by atoms with van der Waals surface area (Å²) in [5, 5.41) is 16.4. The fourth-order valence-electron chi connectivity index (χ4n) is 2.78. The first kappa shape index (κ1) is 13.4. The number of benzene rings is 1. The lowest BCUT2D eigenvalue weighted by Gasteiger charge is -2.26. The van der Waals surface area contributed by atoms with E-state index < -0.39 is 5.60 Å². The zero-order chi connectivity index (χ0) is 14.2. The van der Waals surface area contributed by atoms with Gasteiger partial charge in [0.1, 0.15) is 5.60 Å². The topological polar surface area (TPSA) is 70.6 Å². The normalized spacial score (nSPS) is 28.0. The van der Waals surface area contributed by atoms with E-state index in [0.717, 1.165) is 18.7 Å². The molecule has 0 bridgehead atoms. The number of hydrogen-bond acceptors (Lipinski definition) is 4. The Bertz CT molecular complexity index is 532. The van der Waals surface area contributed by atoms with Crippen molar-refractivity contribution < 1.29 is 14.6 Å². The van der Waals surface area contributed by atoms with Crippen LogP contribution in [0.3, 0.4) is 0 Å². The zero-order valence-corrected chi connectivity index (χ0v) is 11.6. The molecule has 2 aliphatic rings. The predicted molar refractivity (Wildman–Crippen MR) is 75.9 cm³/mol. The van der Waals surface area contributed by atoms with Crippen molar-refractivity contribution in [1.29, 1.82) is 0 Å². The van der Waals surface area contributed by atoms with Crippen LogP contribution < -0.4 is 10.6 Å². The second-order valence-corrected chi connectivity index (χ2v) is 5.60. The quantitative estimate of drug-likeness (QED) is 0.768. The summed E-state index contributed by atoms with van der Waals surface area (Å²) in [6.45, 7) is 3.52. The summed E-state index contributed by atoms with van der Waals surface area (Å²) in [6, 6.07) is 5.67. The molecule has 0 aliphatic carbocycles. The van der Waals surface area contributed by atoms with Gasteiger partial charge in [0.05, 0.1) is 6.10 Å². The Labute approximate surface area is 118 Å². The van der Waals surface area contributed by atoms with Crippen LogP contribution in [-0.2, 0) is 11.2 Å². The predicted octanol–water partition coefficient (Wildman–Crippen LogP) is 0.924. The lowest BCUT2D eigenvalue weighted by molar-refractivity contribution is -0.0251. The van der Waals surface area contributed by atoms with Crippen molar-refractivity contribution in [3.05, 3.63) is 29.3 Å². The number of ether oxygens (including phenoxy) is 1. The average Bonchev–Trinajstić information content (AvgIpc) is 3.03. The summed E-state index contributed by atoms with van der Waals surface area (Å²) in [4.78, 5) is 12.2. The number of carbonyl (C=O) groups is 1. The van der Waals surface area contributed by atoms with Crippen LogP contribution in [-0.4, -0.2) is 42.4 Å². The molecule has 2 atom stereocenters. The highest BCUT2D eigenvalue weighted by molar-refractivity contribution is 5.95. The number of rotatable bonds is 3. The van der Waals surface area contributed by atoms with Crippen molar-refractivity contribution in [2.24, 2.45) is 0 Å². The highest BCUT2D eigenvalue weighted by atomic mass is 16.5. The number of amides is 1. The van der Waals surface area contributed by atoms with Gasteiger partial charge < -0.3 is 20.5 Å². The van der Waals surface area contributed by atoms with E-state index in [-0.39, 0.29) is 18.6 Å². The maximum Gasteiger partial charge on any atom is 0.251 e. The number of nitrogens with one attached hydrogen (secondary N) is 2. The van der Waals surface area contributed by atoms with E-state index in [2.05, 4.69) is 10.6 Å². The molecule has 20 heavy (non-hydrogen) atoms. The molecular weight excluding hydrogens is 256 g/mol. The van der Waals surface area contributed by atoms with Crippen molar-refractivity contribution in [1.82, 2.24) is 5.32 Å². The maximum absolute atomic E-state index is 12.2.